The molecule has 0 saturated carbocycles. The number of Topliss-reactive ketones (excluding diaryl/α,β-unsaturated/α-hetero) is 1. The van der Waals surface area contributed by atoms with Gasteiger partial charge in [0.05, 0.1) is 6.10 Å². The second-order valence-corrected chi connectivity index (χ2v) is 6.72. The molecule has 0 fully saturated rings. The quantitative estimate of drug-likeness (QED) is 0.287. The molecule has 0 unspecified atom stereocenters. The van der Waals surface area contributed by atoms with Crippen molar-refractivity contribution < 1.29 is 19.8 Å². The van der Waals surface area contributed by atoms with Crippen LogP contribution in [0.3, 0.4) is 0 Å². The fourth-order valence-electron chi connectivity index (χ4n) is 2.67. The monoisotopic (exact) mass is 340 g/mol. The Morgan fingerprint density at radius 3 is 2.08 bits per heavy atom. The normalized spacial score (nSPS) is 12.6. The van der Waals surface area contributed by atoms with E-state index in [2.05, 4.69) is 12.2 Å². The molecule has 24 heavy (non-hydrogen) atoms. The first kappa shape index (κ1) is 22.8. The van der Waals surface area contributed by atoms with Crippen LogP contribution in [0.5, 0.6) is 0 Å². The van der Waals surface area contributed by atoms with Crippen LogP contribution in [0.25, 0.3) is 0 Å². The van der Waals surface area contributed by atoms with Crippen LogP contribution in [0, 0.1) is 0 Å². The lowest BCUT2D eigenvalue weighted by atomic mass is 10.0. The van der Waals surface area contributed by atoms with Crippen molar-refractivity contribution in [2.24, 2.45) is 0 Å². The van der Waals surface area contributed by atoms with Crippen LogP contribution in [-0.2, 0) is 9.59 Å². The number of hydrogen-bond acceptors (Lipinski definition) is 3. The first-order valence-electron chi connectivity index (χ1n) is 9.56. The van der Waals surface area contributed by atoms with Crippen molar-refractivity contribution in [3.05, 3.63) is 12.2 Å². The van der Waals surface area contributed by atoms with E-state index < -0.39 is 5.97 Å². The molecule has 0 heterocycles. The van der Waals surface area contributed by atoms with Gasteiger partial charge < -0.3 is 15.0 Å². The van der Waals surface area contributed by atoms with E-state index in [1.54, 1.807) is 6.92 Å². The van der Waals surface area contributed by atoms with E-state index in [1.807, 2.05) is 0 Å². The van der Waals surface area contributed by atoms with Crippen LogP contribution in [0.4, 0.5) is 0 Å². The summed E-state index contributed by atoms with van der Waals surface area (Å²) in [5, 5.41) is 18.4. The predicted octanol–water partition coefficient (Wildman–Crippen LogP) is 5.04. The van der Waals surface area contributed by atoms with Crippen molar-refractivity contribution in [3.8, 4) is 0 Å². The number of carbonyl (C=O) groups is 2. The Morgan fingerprint density at radius 1 is 0.833 bits per heavy atom. The van der Waals surface area contributed by atoms with Crippen molar-refractivity contribution in [1.29, 1.82) is 0 Å². The molecule has 0 aliphatic carbocycles. The number of ketones is 1. The zero-order chi connectivity index (χ0) is 18.0. The first-order chi connectivity index (χ1) is 11.5. The second kappa shape index (κ2) is 16.7. The molecular formula is C20H36O4. The number of aliphatic carboxylic acids is 1. The van der Waals surface area contributed by atoms with Crippen LogP contribution in [-0.4, -0.2) is 28.1 Å². The second-order valence-electron chi connectivity index (χ2n) is 6.72. The first-order valence-corrected chi connectivity index (χ1v) is 9.56. The summed E-state index contributed by atoms with van der Waals surface area (Å²) >= 11 is 0. The van der Waals surface area contributed by atoms with Gasteiger partial charge in [0, 0.05) is 12.8 Å². The average molecular weight is 341 g/mol. The molecule has 0 bridgehead atoms. The van der Waals surface area contributed by atoms with Gasteiger partial charge in [0.15, 0.2) is 0 Å². The molecule has 0 aromatic rings. The fourth-order valence-corrected chi connectivity index (χ4v) is 2.67. The van der Waals surface area contributed by atoms with Gasteiger partial charge in [-0.15, -0.1) is 0 Å². The molecule has 1 atom stereocenters. The summed E-state index contributed by atoms with van der Waals surface area (Å²) < 4.78 is 0. The summed E-state index contributed by atoms with van der Waals surface area (Å²) in [5.74, 6) is -0.437. The number of carboxylic acids is 1. The third-order valence-electron chi connectivity index (χ3n) is 4.15. The maximum absolute atomic E-state index is 10.8. The van der Waals surface area contributed by atoms with E-state index in [4.69, 9.17) is 5.11 Å². The Balaban J connectivity index is 3.31. The molecule has 4 heteroatoms. The minimum atomic E-state index is -0.701. The summed E-state index contributed by atoms with van der Waals surface area (Å²) in [7, 11) is 0. The zero-order valence-corrected chi connectivity index (χ0v) is 15.3. The van der Waals surface area contributed by atoms with E-state index in [1.165, 1.54) is 0 Å². The van der Waals surface area contributed by atoms with E-state index in [0.29, 0.717) is 6.42 Å². The molecule has 140 valence electrons. The number of aliphatic hydroxyl groups is 1. The van der Waals surface area contributed by atoms with Gasteiger partial charge in [-0.3, -0.25) is 4.79 Å². The largest absolute Gasteiger partial charge is 0.481 e. The van der Waals surface area contributed by atoms with Crippen LogP contribution < -0.4 is 0 Å². The predicted molar refractivity (Wildman–Crippen MR) is 98.1 cm³/mol. The topological polar surface area (TPSA) is 74.6 Å². The molecule has 0 radical (unpaired) electrons. The number of rotatable bonds is 17. The number of carbonyl (C=O) groups excluding carboxylic acids is 1. The lowest BCUT2D eigenvalue weighted by Gasteiger charge is -2.07. The smallest absolute Gasteiger partial charge is 0.303 e. The fraction of sp³-hybridized carbons (Fsp3) is 0.800. The van der Waals surface area contributed by atoms with Crippen molar-refractivity contribution in [3.63, 3.8) is 0 Å². The third-order valence-corrected chi connectivity index (χ3v) is 4.15. The van der Waals surface area contributed by atoms with Gasteiger partial charge in [-0.25, -0.2) is 0 Å². The maximum atomic E-state index is 10.8. The van der Waals surface area contributed by atoms with Crippen LogP contribution in [0.1, 0.15) is 96.8 Å². The minimum absolute atomic E-state index is 0.245. The Kier molecular flexibility index (Phi) is 15.9. The lowest BCUT2D eigenvalue weighted by molar-refractivity contribution is -0.137. The van der Waals surface area contributed by atoms with Crippen LogP contribution in [0.15, 0.2) is 12.2 Å². The molecule has 0 amide bonds. The molecule has 0 spiro atoms. The highest BCUT2D eigenvalue weighted by atomic mass is 16.4. The van der Waals surface area contributed by atoms with Gasteiger partial charge >= 0.3 is 5.97 Å². The Morgan fingerprint density at radius 2 is 1.42 bits per heavy atom. The number of aliphatic hydroxyl groups excluding tert-OH is 1. The standard InChI is InChI=1S/C20H36O4/c1-18(21)14-10-8-9-12-16-19(22)15-11-6-4-2-3-5-7-13-17-20(23)24/h6,11,19,22H,2-5,7-10,12-17H2,1H3,(H,23,24)/t19-/m0/s1. The number of allylic oxidation sites excluding steroid dienone is 1. The summed E-state index contributed by atoms with van der Waals surface area (Å²) in [4.78, 5) is 21.2. The lowest BCUT2D eigenvalue weighted by Crippen LogP contribution is -2.04. The van der Waals surface area contributed by atoms with Gasteiger partial charge in [-0.2, -0.15) is 0 Å². The number of carboxylic acid groups (broad SMARTS) is 1. The number of unbranched alkanes of at least 4 members (excludes halogenated alkanes) is 8. The van der Waals surface area contributed by atoms with Crippen LogP contribution in [0.2, 0.25) is 0 Å². The molecule has 0 rings (SSSR count). The van der Waals surface area contributed by atoms with Gasteiger partial charge in [0.2, 0.25) is 0 Å². The van der Waals surface area contributed by atoms with Crippen molar-refractivity contribution in [2.45, 2.75) is 103 Å². The summed E-state index contributed by atoms with van der Waals surface area (Å²) in [6.07, 6.45) is 16.9. The highest BCUT2D eigenvalue weighted by molar-refractivity contribution is 5.75. The van der Waals surface area contributed by atoms with E-state index in [0.717, 1.165) is 77.0 Å². The average Bonchev–Trinajstić information content (AvgIpc) is 2.52. The Hall–Kier alpha value is -1.16. The van der Waals surface area contributed by atoms with Crippen molar-refractivity contribution in [1.82, 2.24) is 0 Å². The highest BCUT2D eigenvalue weighted by Gasteiger charge is 2.01. The van der Waals surface area contributed by atoms with Gasteiger partial charge in [-0.05, 0) is 45.4 Å². The minimum Gasteiger partial charge on any atom is -0.481 e. The molecule has 0 aromatic carbocycles. The zero-order valence-electron chi connectivity index (χ0n) is 15.3. The molecule has 0 aliphatic rings. The number of hydrogen-bond donors (Lipinski definition) is 2. The summed E-state index contributed by atoms with van der Waals surface area (Å²) in [6, 6.07) is 0. The SMILES string of the molecule is CC(=O)CCCCCC[C@@H](O)CC=CCCCCCCCC(=O)O. The third kappa shape index (κ3) is 18.9. The molecule has 2 N–H and O–H groups in total. The van der Waals surface area contributed by atoms with Crippen molar-refractivity contribution in [2.75, 3.05) is 0 Å². The van der Waals surface area contributed by atoms with Gasteiger partial charge in [-0.1, -0.05) is 50.7 Å². The van der Waals surface area contributed by atoms with Crippen molar-refractivity contribution >= 4 is 11.8 Å². The molecule has 4 nitrogen and oxygen atoms in total. The van der Waals surface area contributed by atoms with E-state index in [9.17, 15) is 14.7 Å². The van der Waals surface area contributed by atoms with Gasteiger partial charge in [0.1, 0.15) is 5.78 Å². The van der Waals surface area contributed by atoms with E-state index in [-0.39, 0.29) is 18.3 Å². The molecule has 0 saturated heterocycles. The Bertz CT molecular complexity index is 350. The molecule has 0 aliphatic heterocycles. The van der Waals surface area contributed by atoms with Gasteiger partial charge in [0.25, 0.3) is 0 Å². The Labute approximate surface area is 147 Å². The summed E-state index contributed by atoms with van der Waals surface area (Å²) in [5.41, 5.74) is 0. The van der Waals surface area contributed by atoms with Crippen LogP contribution >= 0.6 is 0 Å². The molecular weight excluding hydrogens is 304 g/mol. The van der Waals surface area contributed by atoms with E-state index >= 15 is 0 Å². The highest BCUT2D eigenvalue weighted by Crippen LogP contribution is 2.11. The maximum Gasteiger partial charge on any atom is 0.303 e. The molecule has 0 aromatic heterocycles. The summed E-state index contributed by atoms with van der Waals surface area (Å²) in [6.45, 7) is 1.63.